The number of piperidine rings is 1. The van der Waals surface area contributed by atoms with Crippen LogP contribution >= 0.6 is 11.8 Å². The predicted molar refractivity (Wildman–Crippen MR) is 106 cm³/mol. The van der Waals surface area contributed by atoms with Gasteiger partial charge in [-0.3, -0.25) is 4.79 Å². The summed E-state index contributed by atoms with van der Waals surface area (Å²) in [7, 11) is 0. The number of rotatable bonds is 7. The lowest BCUT2D eigenvalue weighted by atomic mass is 9.86. The van der Waals surface area contributed by atoms with Crippen LogP contribution in [0.25, 0.3) is 0 Å². The maximum absolute atomic E-state index is 12.9. The van der Waals surface area contributed by atoms with Crippen molar-refractivity contribution in [1.29, 1.82) is 0 Å². The van der Waals surface area contributed by atoms with Gasteiger partial charge in [-0.2, -0.15) is 0 Å². The molecule has 2 saturated heterocycles. The van der Waals surface area contributed by atoms with E-state index in [4.69, 9.17) is 4.74 Å². The Morgan fingerprint density at radius 3 is 2.56 bits per heavy atom. The number of ether oxygens (including phenoxy) is 1. The van der Waals surface area contributed by atoms with E-state index in [1.54, 1.807) is 6.26 Å². The van der Waals surface area contributed by atoms with Crippen molar-refractivity contribution in [3.8, 4) is 0 Å². The highest BCUT2D eigenvalue weighted by atomic mass is 32.2. The Morgan fingerprint density at radius 1 is 1.26 bits per heavy atom. The van der Waals surface area contributed by atoms with Crippen molar-refractivity contribution in [2.45, 2.75) is 88.4 Å². The second-order valence-electron chi connectivity index (χ2n) is 8.14. The maximum Gasteiger partial charge on any atom is 0.237 e. The van der Waals surface area contributed by atoms with Crippen LogP contribution in [0.3, 0.4) is 0 Å². The number of aliphatic hydroxyl groups is 3. The minimum Gasteiger partial charge on any atom is -0.388 e. The zero-order valence-electron chi connectivity index (χ0n) is 16.8. The molecule has 2 fully saturated rings. The SMILES string of the molecule is CCC[C@@H]1CCN[C@H](C(=O)N[C@@H](C(C)C)[C@H]2O[C@H](SC)[C@H](O)[C@@H](O)[C@H]2O)C1. The van der Waals surface area contributed by atoms with Crippen LogP contribution in [-0.2, 0) is 9.53 Å². The summed E-state index contributed by atoms with van der Waals surface area (Å²) in [6, 6.07) is -0.707. The monoisotopic (exact) mass is 404 g/mol. The normalized spacial score (nSPS) is 38.6. The Hall–Kier alpha value is -0.380. The van der Waals surface area contributed by atoms with E-state index in [1.165, 1.54) is 11.8 Å². The van der Waals surface area contributed by atoms with Crippen LogP contribution in [0.15, 0.2) is 0 Å². The number of hydrogen-bond acceptors (Lipinski definition) is 7. The summed E-state index contributed by atoms with van der Waals surface area (Å²) in [5, 5.41) is 37.1. The molecule has 0 aromatic rings. The Kier molecular flexibility index (Phi) is 8.83. The summed E-state index contributed by atoms with van der Waals surface area (Å²) in [6.45, 7) is 6.88. The highest BCUT2D eigenvalue weighted by Crippen LogP contribution is 2.30. The Balaban J connectivity index is 2.07. The van der Waals surface area contributed by atoms with Crippen LogP contribution in [0.5, 0.6) is 0 Å². The standard InChI is InChI=1S/C19H36N2O5S/c1-5-6-11-7-8-20-12(9-11)18(25)21-13(10(2)3)17-15(23)14(22)16(24)19(26-17)27-4/h10-17,19-20,22-24H,5-9H2,1-4H3,(H,21,25)/t11-,12+,13+,14+,15-,16-,17-,19-/m1/s1. The molecular formula is C19H36N2O5S. The summed E-state index contributed by atoms with van der Waals surface area (Å²) in [4.78, 5) is 12.9. The molecule has 158 valence electrons. The fraction of sp³-hybridized carbons (Fsp3) is 0.947. The van der Waals surface area contributed by atoms with Gasteiger partial charge in [-0.25, -0.2) is 0 Å². The number of carbonyl (C=O) groups excluding carboxylic acids is 1. The van der Waals surface area contributed by atoms with E-state index in [0.29, 0.717) is 5.92 Å². The molecule has 0 radical (unpaired) electrons. The summed E-state index contributed by atoms with van der Waals surface area (Å²) in [6.07, 6.45) is 1.42. The molecule has 0 aromatic heterocycles. The van der Waals surface area contributed by atoms with Crippen molar-refractivity contribution in [3.63, 3.8) is 0 Å². The molecule has 0 saturated carbocycles. The zero-order valence-corrected chi connectivity index (χ0v) is 17.6. The van der Waals surface area contributed by atoms with E-state index in [0.717, 1.165) is 32.2 Å². The number of nitrogens with one attached hydrogen (secondary N) is 2. The Bertz CT molecular complexity index is 477. The van der Waals surface area contributed by atoms with Gasteiger partial charge in [-0.1, -0.05) is 33.6 Å². The first-order valence-corrected chi connectivity index (χ1v) is 11.3. The number of aliphatic hydroxyl groups excluding tert-OH is 3. The van der Waals surface area contributed by atoms with Crippen molar-refractivity contribution in [2.75, 3.05) is 12.8 Å². The first-order valence-electron chi connectivity index (χ1n) is 10.1. The molecule has 2 rings (SSSR count). The lowest BCUT2D eigenvalue weighted by molar-refractivity contribution is -0.208. The molecule has 2 aliphatic heterocycles. The van der Waals surface area contributed by atoms with Crippen LogP contribution in [0, 0.1) is 11.8 Å². The number of hydrogen-bond donors (Lipinski definition) is 5. The minimum absolute atomic E-state index is 0.00595. The second-order valence-corrected chi connectivity index (χ2v) is 9.08. The van der Waals surface area contributed by atoms with Crippen LogP contribution in [0.2, 0.25) is 0 Å². The van der Waals surface area contributed by atoms with Gasteiger partial charge in [-0.05, 0) is 37.5 Å². The van der Waals surface area contributed by atoms with Gasteiger partial charge in [0, 0.05) is 0 Å². The van der Waals surface area contributed by atoms with Gasteiger partial charge in [0.15, 0.2) is 0 Å². The quantitative estimate of drug-likeness (QED) is 0.419. The van der Waals surface area contributed by atoms with E-state index in [-0.39, 0.29) is 17.9 Å². The minimum atomic E-state index is -1.30. The average Bonchev–Trinajstić information content (AvgIpc) is 2.65. The highest BCUT2D eigenvalue weighted by Gasteiger charge is 2.47. The molecule has 1 amide bonds. The van der Waals surface area contributed by atoms with E-state index < -0.39 is 35.9 Å². The Labute approximate surface area is 166 Å². The molecule has 0 unspecified atom stereocenters. The van der Waals surface area contributed by atoms with Gasteiger partial charge in [0.1, 0.15) is 29.9 Å². The van der Waals surface area contributed by atoms with E-state index in [2.05, 4.69) is 17.6 Å². The van der Waals surface area contributed by atoms with E-state index in [9.17, 15) is 20.1 Å². The van der Waals surface area contributed by atoms with Crippen LogP contribution < -0.4 is 10.6 Å². The van der Waals surface area contributed by atoms with Crippen LogP contribution in [0.1, 0.15) is 46.5 Å². The predicted octanol–water partition coefficient (Wildman–Crippen LogP) is 0.466. The molecule has 27 heavy (non-hydrogen) atoms. The molecule has 0 aliphatic carbocycles. The summed E-state index contributed by atoms with van der Waals surface area (Å²) < 4.78 is 5.87. The molecule has 0 spiro atoms. The maximum atomic E-state index is 12.9. The van der Waals surface area contributed by atoms with Gasteiger partial charge in [0.05, 0.1) is 12.1 Å². The molecule has 5 N–H and O–H groups in total. The molecular weight excluding hydrogens is 368 g/mol. The first kappa shape index (κ1) is 22.9. The fourth-order valence-corrected chi connectivity index (χ4v) is 4.80. The molecule has 8 heteroatoms. The highest BCUT2D eigenvalue weighted by molar-refractivity contribution is 7.99. The average molecular weight is 405 g/mol. The largest absolute Gasteiger partial charge is 0.388 e. The summed E-state index contributed by atoms with van der Waals surface area (Å²) >= 11 is 1.28. The Morgan fingerprint density at radius 2 is 1.96 bits per heavy atom. The number of amides is 1. The number of thioether (sulfide) groups is 1. The van der Waals surface area contributed by atoms with Gasteiger partial charge < -0.3 is 30.7 Å². The smallest absolute Gasteiger partial charge is 0.237 e. The van der Waals surface area contributed by atoms with Gasteiger partial charge in [0.2, 0.25) is 5.91 Å². The second kappa shape index (κ2) is 10.4. The van der Waals surface area contributed by atoms with Crippen LogP contribution in [0.4, 0.5) is 0 Å². The van der Waals surface area contributed by atoms with Crippen molar-refractivity contribution >= 4 is 17.7 Å². The zero-order chi connectivity index (χ0) is 20.1. The summed E-state index contributed by atoms with van der Waals surface area (Å²) in [5.41, 5.74) is -0.645. The van der Waals surface area contributed by atoms with Crippen molar-refractivity contribution < 1.29 is 24.9 Å². The van der Waals surface area contributed by atoms with Crippen molar-refractivity contribution in [2.24, 2.45) is 11.8 Å². The van der Waals surface area contributed by atoms with E-state index in [1.807, 2.05) is 13.8 Å². The lowest BCUT2D eigenvalue weighted by Gasteiger charge is -2.44. The molecule has 0 bridgehead atoms. The van der Waals surface area contributed by atoms with Crippen molar-refractivity contribution in [1.82, 2.24) is 10.6 Å². The third-order valence-electron chi connectivity index (χ3n) is 5.75. The third kappa shape index (κ3) is 5.58. The van der Waals surface area contributed by atoms with Crippen LogP contribution in [-0.4, -0.2) is 76.0 Å². The lowest BCUT2D eigenvalue weighted by Crippen LogP contribution is -2.65. The van der Waals surface area contributed by atoms with Crippen molar-refractivity contribution in [3.05, 3.63) is 0 Å². The van der Waals surface area contributed by atoms with Gasteiger partial charge >= 0.3 is 0 Å². The molecule has 2 aliphatic rings. The first-order chi connectivity index (χ1) is 12.8. The van der Waals surface area contributed by atoms with Gasteiger partial charge in [-0.15, -0.1) is 11.8 Å². The molecule has 7 nitrogen and oxygen atoms in total. The molecule has 8 atom stereocenters. The number of carbonyl (C=O) groups is 1. The topological polar surface area (TPSA) is 111 Å². The van der Waals surface area contributed by atoms with E-state index >= 15 is 0 Å². The summed E-state index contributed by atoms with van der Waals surface area (Å²) in [5.74, 6) is 0.457. The van der Waals surface area contributed by atoms with Gasteiger partial charge in [0.25, 0.3) is 0 Å². The molecule has 2 heterocycles. The third-order valence-corrected chi connectivity index (χ3v) is 6.60. The molecule has 0 aromatic carbocycles. The fourth-order valence-electron chi connectivity index (χ4n) is 4.12.